The monoisotopic (exact) mass is 286 g/mol. The lowest BCUT2D eigenvalue weighted by molar-refractivity contribution is 0.298. The van der Waals surface area contributed by atoms with Crippen molar-refractivity contribution in [3.05, 3.63) is 24.3 Å². The third-order valence-corrected chi connectivity index (χ3v) is 4.36. The van der Waals surface area contributed by atoms with Crippen LogP contribution in [-0.2, 0) is 10.0 Å². The van der Waals surface area contributed by atoms with Gasteiger partial charge in [0.15, 0.2) is 0 Å². The van der Waals surface area contributed by atoms with E-state index in [1.165, 1.54) is 0 Å². The molecule has 0 atom stereocenters. The molecule has 0 saturated carbocycles. The molecule has 0 aliphatic carbocycles. The molecule has 1 aromatic carbocycles. The van der Waals surface area contributed by atoms with Crippen LogP contribution in [0.2, 0.25) is 0 Å². The summed E-state index contributed by atoms with van der Waals surface area (Å²) in [6.45, 7) is 6.40. The first kappa shape index (κ1) is 15.9. The molecule has 0 bridgehead atoms. The predicted octanol–water partition coefficient (Wildman–Crippen LogP) is 1.19. The van der Waals surface area contributed by atoms with Gasteiger partial charge in [-0.15, -0.1) is 0 Å². The fourth-order valence-corrected chi connectivity index (χ4v) is 3.21. The number of benzene rings is 1. The topological polar surface area (TPSA) is 69.6 Å². The lowest BCUT2D eigenvalue weighted by atomic mass is 10.2. The fraction of sp³-hybridized carbons (Fsp3) is 0.538. The third-order valence-electron chi connectivity index (χ3n) is 2.76. The average molecular weight is 286 g/mol. The molecular weight excluding hydrogens is 264 g/mol. The van der Waals surface area contributed by atoms with Crippen LogP contribution in [0.3, 0.4) is 0 Å². The van der Waals surface area contributed by atoms with Crippen molar-refractivity contribution < 1.29 is 13.5 Å². The number of sulfonamides is 1. The van der Waals surface area contributed by atoms with Gasteiger partial charge < -0.3 is 10.0 Å². The van der Waals surface area contributed by atoms with E-state index in [9.17, 15) is 8.42 Å². The van der Waals surface area contributed by atoms with E-state index >= 15 is 0 Å². The highest BCUT2D eigenvalue weighted by Crippen LogP contribution is 2.26. The van der Waals surface area contributed by atoms with E-state index in [-0.39, 0.29) is 17.5 Å². The molecule has 0 saturated heterocycles. The molecule has 0 heterocycles. The second kappa shape index (κ2) is 6.88. The molecule has 2 N–H and O–H groups in total. The standard InChI is InChI=1S/C13H22N2O3S/c1-4-14-19(17,18)13-8-6-5-7-12(13)15(9-10-16)11(2)3/h5-8,11,14,16H,4,9-10H2,1-3H3. The number of aliphatic hydroxyl groups is 1. The van der Waals surface area contributed by atoms with Crippen molar-refractivity contribution in [2.24, 2.45) is 0 Å². The summed E-state index contributed by atoms with van der Waals surface area (Å²) in [7, 11) is -3.51. The van der Waals surface area contributed by atoms with Crippen LogP contribution < -0.4 is 9.62 Å². The van der Waals surface area contributed by atoms with Gasteiger partial charge in [0.2, 0.25) is 10.0 Å². The Balaban J connectivity index is 3.28. The maximum Gasteiger partial charge on any atom is 0.242 e. The zero-order valence-corrected chi connectivity index (χ0v) is 12.4. The molecule has 5 nitrogen and oxygen atoms in total. The minimum atomic E-state index is -3.51. The molecule has 1 rings (SSSR count). The Bertz CT molecular complexity index is 500. The maximum absolute atomic E-state index is 12.2. The van der Waals surface area contributed by atoms with E-state index in [4.69, 9.17) is 5.11 Å². The van der Waals surface area contributed by atoms with Gasteiger partial charge >= 0.3 is 0 Å². The Morgan fingerprint density at radius 2 is 1.95 bits per heavy atom. The van der Waals surface area contributed by atoms with Gasteiger partial charge in [0.25, 0.3) is 0 Å². The van der Waals surface area contributed by atoms with Crippen LogP contribution in [0.15, 0.2) is 29.2 Å². The average Bonchev–Trinajstić information content (AvgIpc) is 2.35. The van der Waals surface area contributed by atoms with Crippen molar-refractivity contribution >= 4 is 15.7 Å². The SMILES string of the molecule is CCNS(=O)(=O)c1ccccc1N(CCO)C(C)C. The van der Waals surface area contributed by atoms with Gasteiger partial charge in [-0.2, -0.15) is 0 Å². The minimum absolute atomic E-state index is 0.0201. The molecule has 0 fully saturated rings. The van der Waals surface area contributed by atoms with Crippen molar-refractivity contribution in [3.8, 4) is 0 Å². The van der Waals surface area contributed by atoms with Gasteiger partial charge in [-0.1, -0.05) is 19.1 Å². The Morgan fingerprint density at radius 3 is 2.47 bits per heavy atom. The van der Waals surface area contributed by atoms with E-state index in [0.717, 1.165) is 0 Å². The van der Waals surface area contributed by atoms with E-state index in [1.807, 2.05) is 18.7 Å². The Kier molecular flexibility index (Phi) is 5.78. The van der Waals surface area contributed by atoms with E-state index in [1.54, 1.807) is 31.2 Å². The molecule has 0 aliphatic rings. The van der Waals surface area contributed by atoms with Crippen LogP contribution in [0.25, 0.3) is 0 Å². The quantitative estimate of drug-likeness (QED) is 0.790. The fourth-order valence-electron chi connectivity index (χ4n) is 1.95. The van der Waals surface area contributed by atoms with Gasteiger partial charge in [0, 0.05) is 19.1 Å². The van der Waals surface area contributed by atoms with Crippen LogP contribution in [0.1, 0.15) is 20.8 Å². The molecule has 19 heavy (non-hydrogen) atoms. The minimum Gasteiger partial charge on any atom is -0.395 e. The molecule has 0 aliphatic heterocycles. The van der Waals surface area contributed by atoms with Crippen LogP contribution in [-0.4, -0.2) is 39.3 Å². The van der Waals surface area contributed by atoms with Crippen molar-refractivity contribution in [1.29, 1.82) is 0 Å². The van der Waals surface area contributed by atoms with Gasteiger partial charge in [-0.05, 0) is 26.0 Å². The molecule has 0 radical (unpaired) electrons. The summed E-state index contributed by atoms with van der Waals surface area (Å²) in [4.78, 5) is 2.13. The van der Waals surface area contributed by atoms with Crippen molar-refractivity contribution in [1.82, 2.24) is 4.72 Å². The second-order valence-corrected chi connectivity index (χ2v) is 6.22. The molecule has 0 unspecified atom stereocenters. The van der Waals surface area contributed by atoms with Crippen molar-refractivity contribution in [3.63, 3.8) is 0 Å². The molecule has 0 aromatic heterocycles. The zero-order chi connectivity index (χ0) is 14.5. The van der Waals surface area contributed by atoms with E-state index in [2.05, 4.69) is 4.72 Å². The third kappa shape index (κ3) is 3.92. The smallest absolute Gasteiger partial charge is 0.242 e. The largest absolute Gasteiger partial charge is 0.395 e. The summed E-state index contributed by atoms with van der Waals surface area (Å²) < 4.78 is 26.9. The first-order valence-electron chi connectivity index (χ1n) is 6.40. The van der Waals surface area contributed by atoms with Crippen molar-refractivity contribution in [2.45, 2.75) is 31.7 Å². The summed E-state index contributed by atoms with van der Waals surface area (Å²) in [6, 6.07) is 6.95. The normalized spacial score (nSPS) is 11.8. The van der Waals surface area contributed by atoms with Gasteiger partial charge in [0.05, 0.1) is 12.3 Å². The second-order valence-electron chi connectivity index (χ2n) is 4.48. The molecule has 108 valence electrons. The van der Waals surface area contributed by atoms with Gasteiger partial charge in [0.1, 0.15) is 4.90 Å². The number of hydrogen-bond acceptors (Lipinski definition) is 4. The Labute approximate surface area is 115 Å². The summed E-state index contributed by atoms with van der Waals surface area (Å²) in [5.41, 5.74) is 0.618. The molecule has 0 spiro atoms. The number of nitrogens with zero attached hydrogens (tertiary/aromatic N) is 1. The summed E-state index contributed by atoms with van der Waals surface area (Å²) >= 11 is 0. The van der Waals surface area contributed by atoms with E-state index < -0.39 is 10.0 Å². The number of rotatable bonds is 7. The predicted molar refractivity (Wildman–Crippen MR) is 76.9 cm³/mol. The van der Waals surface area contributed by atoms with Crippen LogP contribution >= 0.6 is 0 Å². The zero-order valence-electron chi connectivity index (χ0n) is 11.6. The number of para-hydroxylation sites is 1. The first-order valence-corrected chi connectivity index (χ1v) is 7.88. The Morgan fingerprint density at radius 1 is 1.32 bits per heavy atom. The molecule has 0 amide bonds. The molecule has 6 heteroatoms. The summed E-state index contributed by atoms with van der Waals surface area (Å²) in [6.07, 6.45) is 0. The number of aliphatic hydroxyl groups excluding tert-OH is 1. The maximum atomic E-state index is 12.2. The van der Waals surface area contributed by atoms with Crippen molar-refractivity contribution in [2.75, 3.05) is 24.6 Å². The highest BCUT2D eigenvalue weighted by Gasteiger charge is 2.21. The summed E-state index contributed by atoms with van der Waals surface area (Å²) in [5.74, 6) is 0. The highest BCUT2D eigenvalue weighted by atomic mass is 32.2. The highest BCUT2D eigenvalue weighted by molar-refractivity contribution is 7.89. The number of anilines is 1. The van der Waals surface area contributed by atoms with Crippen LogP contribution in [0.5, 0.6) is 0 Å². The molecule has 1 aromatic rings. The van der Waals surface area contributed by atoms with Crippen LogP contribution in [0.4, 0.5) is 5.69 Å². The number of nitrogens with one attached hydrogen (secondary N) is 1. The first-order chi connectivity index (χ1) is 8.94. The lowest BCUT2D eigenvalue weighted by Gasteiger charge is -2.30. The number of hydrogen-bond donors (Lipinski definition) is 2. The summed E-state index contributed by atoms with van der Waals surface area (Å²) in [5, 5.41) is 9.14. The van der Waals surface area contributed by atoms with Gasteiger partial charge in [-0.25, -0.2) is 13.1 Å². The Hall–Kier alpha value is -1.11. The van der Waals surface area contributed by atoms with Gasteiger partial charge in [-0.3, -0.25) is 0 Å². The lowest BCUT2D eigenvalue weighted by Crippen LogP contribution is -2.35. The molecular formula is C13H22N2O3S. The van der Waals surface area contributed by atoms with E-state index in [0.29, 0.717) is 18.8 Å². The van der Waals surface area contributed by atoms with Crippen LogP contribution in [0, 0.1) is 0 Å².